The molecule has 0 aromatic heterocycles. The molecule has 1 N–H and O–H groups in total. The second-order valence-corrected chi connectivity index (χ2v) is 6.82. The van der Waals surface area contributed by atoms with Crippen molar-refractivity contribution in [1.29, 1.82) is 0 Å². The number of hydrogen-bond acceptors (Lipinski definition) is 2. The first-order chi connectivity index (χ1) is 9.26. The topological polar surface area (TPSA) is 38.3 Å². The predicted octanol–water partition coefficient (Wildman–Crippen LogP) is 2.74. The van der Waals surface area contributed by atoms with Gasteiger partial charge in [0.1, 0.15) is 0 Å². The molecule has 4 bridgehead atoms. The van der Waals surface area contributed by atoms with Gasteiger partial charge in [0.15, 0.2) is 0 Å². The lowest BCUT2D eigenvalue weighted by molar-refractivity contribution is -0.125. The van der Waals surface area contributed by atoms with E-state index in [0.29, 0.717) is 19.1 Å². The zero-order valence-electron chi connectivity index (χ0n) is 12.1. The van der Waals surface area contributed by atoms with E-state index in [0.717, 1.165) is 36.7 Å². The summed E-state index contributed by atoms with van der Waals surface area (Å²) in [7, 11) is 0. The molecule has 4 aliphatic rings. The highest BCUT2D eigenvalue weighted by Gasteiger charge is 2.48. The molecule has 0 heterocycles. The Labute approximate surface area is 116 Å². The lowest BCUT2D eigenvalue weighted by Gasteiger charge is -2.54. The van der Waals surface area contributed by atoms with Gasteiger partial charge in [0.05, 0.1) is 0 Å². The Morgan fingerprint density at radius 2 is 1.74 bits per heavy atom. The van der Waals surface area contributed by atoms with Crippen molar-refractivity contribution in [3.63, 3.8) is 0 Å². The normalized spacial score (nSPS) is 39.5. The molecule has 0 atom stereocenters. The summed E-state index contributed by atoms with van der Waals surface area (Å²) in [5.41, 5.74) is 0. The zero-order valence-corrected chi connectivity index (χ0v) is 12.1. The van der Waals surface area contributed by atoms with Gasteiger partial charge in [0.25, 0.3) is 0 Å². The molecule has 108 valence electrons. The van der Waals surface area contributed by atoms with Gasteiger partial charge in [-0.2, -0.15) is 0 Å². The number of rotatable bonds is 6. The van der Waals surface area contributed by atoms with E-state index in [2.05, 4.69) is 5.32 Å². The van der Waals surface area contributed by atoms with Crippen LogP contribution in [0.1, 0.15) is 51.9 Å². The fourth-order valence-electron chi connectivity index (χ4n) is 4.90. The summed E-state index contributed by atoms with van der Waals surface area (Å²) in [6.07, 6.45) is 8.44. The first-order valence-corrected chi connectivity index (χ1v) is 8.13. The number of hydrogen-bond donors (Lipinski definition) is 1. The Morgan fingerprint density at radius 3 is 2.32 bits per heavy atom. The second-order valence-electron chi connectivity index (χ2n) is 6.82. The maximum absolute atomic E-state index is 12.0. The highest BCUT2D eigenvalue weighted by molar-refractivity contribution is 5.76. The minimum atomic E-state index is 0.247. The van der Waals surface area contributed by atoms with Crippen molar-refractivity contribution in [2.45, 2.75) is 57.9 Å². The van der Waals surface area contributed by atoms with Crippen molar-refractivity contribution in [2.75, 3.05) is 13.2 Å². The van der Waals surface area contributed by atoms with Crippen LogP contribution >= 0.6 is 0 Å². The van der Waals surface area contributed by atoms with Crippen molar-refractivity contribution >= 4 is 5.91 Å². The second kappa shape index (κ2) is 5.82. The fraction of sp³-hybridized carbons (Fsp3) is 0.938. The van der Waals surface area contributed by atoms with Gasteiger partial charge in [-0.1, -0.05) is 0 Å². The minimum absolute atomic E-state index is 0.247. The third kappa shape index (κ3) is 2.96. The van der Waals surface area contributed by atoms with Crippen molar-refractivity contribution in [3.05, 3.63) is 0 Å². The van der Waals surface area contributed by atoms with Gasteiger partial charge in [-0.3, -0.25) is 4.79 Å². The van der Waals surface area contributed by atoms with Crippen molar-refractivity contribution < 1.29 is 9.53 Å². The molecule has 0 aliphatic heterocycles. The van der Waals surface area contributed by atoms with E-state index < -0.39 is 0 Å². The highest BCUT2D eigenvalue weighted by Crippen LogP contribution is 2.53. The van der Waals surface area contributed by atoms with Crippen LogP contribution in [0.5, 0.6) is 0 Å². The van der Waals surface area contributed by atoms with E-state index in [1.54, 1.807) is 0 Å². The molecule has 0 aromatic carbocycles. The van der Waals surface area contributed by atoms with Crippen LogP contribution in [0.25, 0.3) is 0 Å². The van der Waals surface area contributed by atoms with Gasteiger partial charge in [-0.15, -0.1) is 0 Å². The van der Waals surface area contributed by atoms with Crippen LogP contribution in [0, 0.1) is 23.7 Å². The highest BCUT2D eigenvalue weighted by atomic mass is 16.5. The summed E-state index contributed by atoms with van der Waals surface area (Å²) >= 11 is 0. The van der Waals surface area contributed by atoms with E-state index in [1.807, 2.05) is 6.92 Å². The molecule has 0 unspecified atom stereocenters. The smallest absolute Gasteiger partial charge is 0.220 e. The average Bonchev–Trinajstić information content (AvgIpc) is 2.38. The molecule has 3 heteroatoms. The molecule has 0 saturated heterocycles. The summed E-state index contributed by atoms with van der Waals surface area (Å²) in [5, 5.41) is 3.34. The summed E-state index contributed by atoms with van der Waals surface area (Å²) < 4.78 is 5.29. The van der Waals surface area contributed by atoms with Gasteiger partial charge in [-0.25, -0.2) is 0 Å². The van der Waals surface area contributed by atoms with Gasteiger partial charge < -0.3 is 10.1 Å². The third-order valence-corrected chi connectivity index (χ3v) is 5.45. The predicted molar refractivity (Wildman–Crippen MR) is 74.7 cm³/mol. The van der Waals surface area contributed by atoms with Crippen molar-refractivity contribution in [2.24, 2.45) is 23.7 Å². The van der Waals surface area contributed by atoms with E-state index >= 15 is 0 Å². The van der Waals surface area contributed by atoms with E-state index in [9.17, 15) is 4.79 Å². The molecule has 19 heavy (non-hydrogen) atoms. The van der Waals surface area contributed by atoms with Gasteiger partial charge >= 0.3 is 0 Å². The average molecular weight is 265 g/mol. The van der Waals surface area contributed by atoms with Gasteiger partial charge in [0, 0.05) is 25.7 Å². The Hall–Kier alpha value is -0.570. The van der Waals surface area contributed by atoms with E-state index in [-0.39, 0.29) is 5.91 Å². The molecule has 0 aromatic rings. The van der Waals surface area contributed by atoms with Crippen LogP contribution in [-0.2, 0) is 9.53 Å². The first-order valence-electron chi connectivity index (χ1n) is 8.13. The third-order valence-electron chi connectivity index (χ3n) is 5.45. The SMILES string of the molecule is CCOCCCC(=O)NC1C2CC3CC(C2)CC1C3. The number of amides is 1. The standard InChI is InChI=1S/C16H27NO2/c1-2-19-5-3-4-15(18)17-16-13-7-11-6-12(9-13)10-14(16)8-11/h11-14,16H,2-10H2,1H3,(H,17,18). The van der Waals surface area contributed by atoms with Crippen molar-refractivity contribution in [1.82, 2.24) is 5.32 Å². The monoisotopic (exact) mass is 265 g/mol. The number of ether oxygens (including phenoxy) is 1. The summed E-state index contributed by atoms with van der Waals surface area (Å²) in [6, 6.07) is 0.493. The molecule has 4 rings (SSSR count). The van der Waals surface area contributed by atoms with Gasteiger partial charge in [-0.05, 0) is 69.1 Å². The summed E-state index contributed by atoms with van der Waals surface area (Å²) in [5.74, 6) is 3.78. The molecule has 0 radical (unpaired) electrons. The van der Waals surface area contributed by atoms with Crippen LogP contribution in [0.2, 0.25) is 0 Å². The van der Waals surface area contributed by atoms with Crippen LogP contribution in [0.15, 0.2) is 0 Å². The number of carbonyl (C=O) groups is 1. The largest absolute Gasteiger partial charge is 0.382 e. The quantitative estimate of drug-likeness (QED) is 0.750. The molecular formula is C16H27NO2. The van der Waals surface area contributed by atoms with E-state index in [4.69, 9.17) is 4.74 Å². The molecule has 3 nitrogen and oxygen atoms in total. The van der Waals surface area contributed by atoms with Crippen LogP contribution in [0.4, 0.5) is 0 Å². The number of carbonyl (C=O) groups excluding carboxylic acids is 1. The van der Waals surface area contributed by atoms with Crippen LogP contribution in [-0.4, -0.2) is 25.2 Å². The Morgan fingerprint density at radius 1 is 1.11 bits per heavy atom. The molecule has 4 saturated carbocycles. The fourth-order valence-corrected chi connectivity index (χ4v) is 4.90. The van der Waals surface area contributed by atoms with Gasteiger partial charge in [0.2, 0.25) is 5.91 Å². The maximum atomic E-state index is 12.0. The minimum Gasteiger partial charge on any atom is -0.382 e. The first kappa shape index (κ1) is 13.4. The molecule has 4 aliphatic carbocycles. The Bertz CT molecular complexity index is 301. The van der Waals surface area contributed by atoms with E-state index in [1.165, 1.54) is 32.1 Å². The lowest BCUT2D eigenvalue weighted by Crippen LogP contribution is -2.55. The molecular weight excluding hydrogens is 238 g/mol. The van der Waals surface area contributed by atoms with Crippen LogP contribution in [0.3, 0.4) is 0 Å². The Kier molecular flexibility index (Phi) is 4.11. The molecule has 0 spiro atoms. The zero-order chi connectivity index (χ0) is 13.2. The number of nitrogens with one attached hydrogen (secondary N) is 1. The van der Waals surface area contributed by atoms with Crippen LogP contribution < -0.4 is 5.32 Å². The maximum Gasteiger partial charge on any atom is 0.220 e. The Balaban J connectivity index is 1.46. The lowest BCUT2D eigenvalue weighted by atomic mass is 9.54. The summed E-state index contributed by atoms with van der Waals surface area (Å²) in [4.78, 5) is 12.0. The molecule has 4 fully saturated rings. The summed E-state index contributed by atoms with van der Waals surface area (Å²) in [6.45, 7) is 3.46. The van der Waals surface area contributed by atoms with Crippen molar-refractivity contribution in [3.8, 4) is 0 Å². The molecule has 1 amide bonds.